The van der Waals surface area contributed by atoms with Crippen LogP contribution in [0.5, 0.6) is 0 Å². The minimum Gasteiger partial charge on any atom is -0.545 e. The van der Waals surface area contributed by atoms with Gasteiger partial charge in [-0.15, -0.1) is 0 Å². The van der Waals surface area contributed by atoms with Gasteiger partial charge in [-0.1, -0.05) is 19.7 Å². The summed E-state index contributed by atoms with van der Waals surface area (Å²) in [6.45, 7) is 15.0. The fourth-order valence-electron chi connectivity index (χ4n) is 2.64. The number of hydrogen-bond acceptors (Lipinski definition) is 6. The van der Waals surface area contributed by atoms with Crippen molar-refractivity contribution in [2.45, 2.75) is 20.8 Å². The quantitative estimate of drug-likeness (QED) is 0.718. The van der Waals surface area contributed by atoms with Crippen LogP contribution in [0.15, 0.2) is 19.7 Å². The van der Waals surface area contributed by atoms with Gasteiger partial charge in [0.2, 0.25) is 0 Å². The molecule has 0 aliphatic heterocycles. The van der Waals surface area contributed by atoms with Gasteiger partial charge in [-0.25, -0.2) is 0 Å². The predicted molar refractivity (Wildman–Crippen MR) is 83.6 cm³/mol. The first-order valence-corrected chi connectivity index (χ1v) is 6.79. The van der Waals surface area contributed by atoms with Crippen molar-refractivity contribution in [2.24, 2.45) is 0 Å². The van der Waals surface area contributed by atoms with Crippen LogP contribution in [0, 0.1) is 0 Å². The highest BCUT2D eigenvalue weighted by Crippen LogP contribution is 2.37. The number of allylic oxidation sites excluding steroid dienone is 3. The second-order valence-electron chi connectivity index (χ2n) is 5.45. The monoisotopic (exact) mass is 327 g/mol. The fourth-order valence-corrected chi connectivity index (χ4v) is 2.64. The first kappa shape index (κ1) is 18.9. The third kappa shape index (κ3) is 2.99. The molecule has 1 aromatic carbocycles. The van der Waals surface area contributed by atoms with E-state index in [-0.39, 0.29) is 27.8 Å². The first-order chi connectivity index (χ1) is 10.9. The van der Waals surface area contributed by atoms with Gasteiger partial charge in [-0.3, -0.25) is 0 Å². The van der Waals surface area contributed by atoms with Gasteiger partial charge in [0, 0.05) is 16.7 Å². The summed E-state index contributed by atoms with van der Waals surface area (Å²) >= 11 is 0. The summed E-state index contributed by atoms with van der Waals surface area (Å²) in [6.07, 6.45) is 0. The van der Waals surface area contributed by atoms with E-state index in [0.717, 1.165) is 0 Å². The van der Waals surface area contributed by atoms with Crippen LogP contribution in [0.1, 0.15) is 68.5 Å². The summed E-state index contributed by atoms with van der Waals surface area (Å²) in [4.78, 5) is 34.9. The molecule has 0 N–H and O–H groups in total. The summed E-state index contributed by atoms with van der Waals surface area (Å²) in [5.41, 5.74) is -2.38. The third-order valence-corrected chi connectivity index (χ3v) is 3.39. The molecule has 6 nitrogen and oxygen atoms in total. The molecule has 1 aromatic rings. The number of rotatable bonds is 6. The molecule has 0 saturated heterocycles. The fraction of sp³-hybridized carbons (Fsp3) is 0.167. The number of carboxylic acid groups (broad SMARTS) is 3. The average molecular weight is 327 g/mol. The van der Waals surface area contributed by atoms with Crippen LogP contribution in [-0.2, 0) is 0 Å². The Morgan fingerprint density at radius 3 is 0.875 bits per heavy atom. The standard InChI is InChI=1S/C18H18O6/c1-7(2)10-11(8(3)4)14(17(21)22)15(18(23)24)12(9(5)6)13(10)16(19)20/h1,3,5H2,2,4,6H3,(H,19,20)(H,21,22)(H,23,24)/p-3. The van der Waals surface area contributed by atoms with E-state index in [1.807, 2.05) is 0 Å². The van der Waals surface area contributed by atoms with Gasteiger partial charge in [0.05, 0.1) is 17.9 Å². The van der Waals surface area contributed by atoms with E-state index in [4.69, 9.17) is 0 Å². The molecule has 0 saturated carbocycles. The van der Waals surface area contributed by atoms with Gasteiger partial charge in [0.1, 0.15) is 0 Å². The number of carboxylic acids is 3. The van der Waals surface area contributed by atoms with Crippen molar-refractivity contribution in [1.82, 2.24) is 0 Å². The zero-order valence-electron chi connectivity index (χ0n) is 13.6. The molecule has 0 aromatic heterocycles. The van der Waals surface area contributed by atoms with E-state index in [1.165, 1.54) is 20.8 Å². The van der Waals surface area contributed by atoms with Gasteiger partial charge in [0.15, 0.2) is 0 Å². The molecule has 0 aliphatic rings. The molecule has 6 heteroatoms. The Hall–Kier alpha value is -3.15. The summed E-state index contributed by atoms with van der Waals surface area (Å²) in [6, 6.07) is 0. The molecule has 0 fully saturated rings. The van der Waals surface area contributed by atoms with Crippen LogP contribution >= 0.6 is 0 Å². The Morgan fingerprint density at radius 2 is 0.708 bits per heavy atom. The summed E-state index contributed by atoms with van der Waals surface area (Å²) in [7, 11) is 0. The highest BCUT2D eigenvalue weighted by atomic mass is 16.4. The minimum absolute atomic E-state index is 0.0201. The smallest absolute Gasteiger partial charge is 0.0728 e. The molecular formula is C18H15O6-3. The molecular weight excluding hydrogens is 312 g/mol. The van der Waals surface area contributed by atoms with Gasteiger partial charge >= 0.3 is 0 Å². The minimum atomic E-state index is -1.87. The van der Waals surface area contributed by atoms with E-state index in [2.05, 4.69) is 19.7 Å². The van der Waals surface area contributed by atoms with Gasteiger partial charge in [-0.05, 0) is 54.2 Å². The van der Waals surface area contributed by atoms with Crippen LogP contribution in [0.25, 0.3) is 16.7 Å². The van der Waals surface area contributed by atoms with Crippen LogP contribution in [-0.4, -0.2) is 17.9 Å². The number of benzene rings is 1. The maximum atomic E-state index is 11.7. The molecule has 126 valence electrons. The first-order valence-electron chi connectivity index (χ1n) is 6.79. The van der Waals surface area contributed by atoms with Crippen molar-refractivity contribution in [2.75, 3.05) is 0 Å². The lowest BCUT2D eigenvalue weighted by Crippen LogP contribution is -2.35. The number of carbonyl (C=O) groups excluding carboxylic acids is 3. The number of aromatic carboxylic acids is 3. The summed E-state index contributed by atoms with van der Waals surface area (Å²) < 4.78 is 0. The van der Waals surface area contributed by atoms with E-state index in [9.17, 15) is 29.7 Å². The van der Waals surface area contributed by atoms with Crippen LogP contribution < -0.4 is 15.3 Å². The molecule has 0 spiro atoms. The van der Waals surface area contributed by atoms with Gasteiger partial charge in [-0.2, -0.15) is 0 Å². The molecule has 0 bridgehead atoms. The van der Waals surface area contributed by atoms with Gasteiger partial charge < -0.3 is 29.7 Å². The Bertz CT molecular complexity index is 628. The molecule has 0 amide bonds. The molecule has 24 heavy (non-hydrogen) atoms. The van der Waals surface area contributed by atoms with Crippen LogP contribution in [0.3, 0.4) is 0 Å². The lowest BCUT2D eigenvalue weighted by Gasteiger charge is -2.28. The van der Waals surface area contributed by atoms with Crippen molar-refractivity contribution in [1.29, 1.82) is 0 Å². The second-order valence-corrected chi connectivity index (χ2v) is 5.45. The molecule has 0 heterocycles. The second kappa shape index (κ2) is 6.54. The molecule has 0 atom stereocenters. The number of hydrogen-bond donors (Lipinski definition) is 0. The predicted octanol–water partition coefficient (Wildman–Crippen LogP) is -0.124. The largest absolute Gasteiger partial charge is 0.545 e. The van der Waals surface area contributed by atoms with E-state index in [0.29, 0.717) is 0 Å². The average Bonchev–Trinajstić information content (AvgIpc) is 2.42. The van der Waals surface area contributed by atoms with Gasteiger partial charge in [0.25, 0.3) is 0 Å². The zero-order valence-corrected chi connectivity index (χ0v) is 13.6. The van der Waals surface area contributed by atoms with E-state index in [1.54, 1.807) is 0 Å². The summed E-state index contributed by atoms with van der Waals surface area (Å²) in [5, 5.41) is 34.9. The van der Waals surface area contributed by atoms with Crippen molar-refractivity contribution in [3.05, 3.63) is 53.1 Å². The maximum Gasteiger partial charge on any atom is 0.0728 e. The van der Waals surface area contributed by atoms with E-state index < -0.39 is 40.2 Å². The molecule has 0 radical (unpaired) electrons. The van der Waals surface area contributed by atoms with Crippen LogP contribution in [0.2, 0.25) is 0 Å². The Balaban J connectivity index is 4.50. The van der Waals surface area contributed by atoms with E-state index >= 15 is 0 Å². The van der Waals surface area contributed by atoms with Crippen molar-refractivity contribution in [3.63, 3.8) is 0 Å². The molecule has 0 aliphatic carbocycles. The zero-order chi connectivity index (χ0) is 18.9. The number of carbonyl (C=O) groups is 3. The van der Waals surface area contributed by atoms with Crippen molar-refractivity contribution >= 4 is 34.6 Å². The van der Waals surface area contributed by atoms with Crippen molar-refractivity contribution < 1.29 is 29.7 Å². The van der Waals surface area contributed by atoms with Crippen molar-refractivity contribution in [3.8, 4) is 0 Å². The molecule has 1 rings (SSSR count). The van der Waals surface area contributed by atoms with Crippen LogP contribution in [0.4, 0.5) is 0 Å². The highest BCUT2D eigenvalue weighted by Gasteiger charge is 2.26. The Morgan fingerprint density at radius 1 is 0.542 bits per heavy atom. The lowest BCUT2D eigenvalue weighted by atomic mass is 9.80. The Labute approximate surface area is 139 Å². The SMILES string of the molecule is C=C(C)c1c(C(=C)C)c(C(=O)[O-])c(C(=O)[O-])c(C(=C)C)c1C(=O)[O-]. The third-order valence-electron chi connectivity index (χ3n) is 3.39. The normalized spacial score (nSPS) is 10.1. The lowest BCUT2D eigenvalue weighted by molar-refractivity contribution is -0.260. The highest BCUT2D eigenvalue weighted by molar-refractivity contribution is 6.13. The Kier molecular flexibility index (Phi) is 5.15. The topological polar surface area (TPSA) is 120 Å². The summed E-state index contributed by atoms with van der Waals surface area (Å²) in [5.74, 6) is -5.37. The maximum absolute atomic E-state index is 11.7. The molecule has 0 unspecified atom stereocenters.